The van der Waals surface area contributed by atoms with Crippen LogP contribution in [0, 0.1) is 0 Å². The molecule has 1 atom stereocenters. The number of Topliss-reactive ketones (excluding diaryl/α,β-unsaturated/α-hetero) is 1. The largest absolute Gasteiger partial charge is 0.489 e. The molecule has 0 radical (unpaired) electrons. The number of anilines is 1. The number of carbonyl (C=O) groups excluding carboxylic acids is 4. The molecule has 2 amide bonds. The van der Waals surface area contributed by atoms with Gasteiger partial charge in [-0.2, -0.15) is 0 Å². The maximum atomic E-state index is 14.2. The molecule has 0 aliphatic carbocycles. The Morgan fingerprint density at radius 2 is 1.35 bits per heavy atom. The summed E-state index contributed by atoms with van der Waals surface area (Å²) in [6.45, 7) is 8.46. The molecule has 2 aromatic carbocycles. The van der Waals surface area contributed by atoms with Crippen LogP contribution in [0.15, 0.2) is 53.3 Å². The van der Waals surface area contributed by atoms with E-state index in [0.29, 0.717) is 30.8 Å². The van der Waals surface area contributed by atoms with Crippen LogP contribution in [0.2, 0.25) is 0 Å². The number of nitrogens with one attached hydrogen (secondary N) is 2. The fourth-order valence-corrected chi connectivity index (χ4v) is 6.48. The number of aromatic amines is 1. The first kappa shape index (κ1) is 46.5. The normalized spacial score (nSPS) is 11.6. The molecule has 1 aromatic heterocycles. The lowest BCUT2D eigenvalue weighted by Crippen LogP contribution is -2.42. The zero-order valence-electron chi connectivity index (χ0n) is 35.2. The van der Waals surface area contributed by atoms with Gasteiger partial charge in [-0.25, -0.2) is 14.4 Å². The molecule has 0 spiro atoms. The second kappa shape index (κ2) is 25.4. The number of unbranched alkanes of at least 4 members (excludes halogenated alkanes) is 14. The van der Waals surface area contributed by atoms with Crippen molar-refractivity contribution in [3.05, 3.63) is 70.3 Å². The summed E-state index contributed by atoms with van der Waals surface area (Å²) in [5, 5.41) is 2.66. The summed E-state index contributed by atoms with van der Waals surface area (Å²) in [5.41, 5.74) is 0.562. The molecular weight excluding hydrogens is 725 g/mol. The maximum Gasteiger partial charge on any atom is 0.410 e. The van der Waals surface area contributed by atoms with E-state index in [0.717, 1.165) is 30.6 Å². The van der Waals surface area contributed by atoms with Gasteiger partial charge in [0.2, 0.25) is 11.9 Å². The van der Waals surface area contributed by atoms with Crippen molar-refractivity contribution >= 4 is 29.4 Å². The van der Waals surface area contributed by atoms with Crippen molar-refractivity contribution in [3.63, 3.8) is 0 Å². The summed E-state index contributed by atoms with van der Waals surface area (Å²) in [7, 11) is 2.85. The lowest BCUT2D eigenvalue weighted by Gasteiger charge is -2.21. The number of H-pyrrole nitrogens is 1. The Morgan fingerprint density at radius 1 is 0.772 bits per heavy atom. The number of hydrogen-bond donors (Lipinski definition) is 2. The van der Waals surface area contributed by atoms with Crippen molar-refractivity contribution < 1.29 is 33.4 Å². The zero-order valence-corrected chi connectivity index (χ0v) is 35.2. The molecule has 1 heterocycles. The SMILES string of the molecule is CCCCCCCCCCCCCCCCOC(=O)c1ccc(NC(=O)C(OC(=O)N(C)C)C(=O)c2[nH]c(=O)n(CCCC)c2-c2ccccc2)c(OC(C)C)c1. The summed E-state index contributed by atoms with van der Waals surface area (Å²) in [5.74, 6) is -2.24. The summed E-state index contributed by atoms with van der Waals surface area (Å²) in [4.78, 5) is 70.9. The second-order valence-corrected chi connectivity index (χ2v) is 15.1. The molecule has 314 valence electrons. The number of ether oxygens (including phenoxy) is 3. The smallest absolute Gasteiger partial charge is 0.410 e. The Morgan fingerprint density at radius 3 is 1.91 bits per heavy atom. The topological polar surface area (TPSA) is 149 Å². The number of ketones is 1. The van der Waals surface area contributed by atoms with Crippen LogP contribution in [0.3, 0.4) is 0 Å². The Hall–Kier alpha value is -4.87. The van der Waals surface area contributed by atoms with Crippen LogP contribution in [0.5, 0.6) is 5.75 Å². The molecule has 0 aliphatic rings. The molecule has 0 saturated carbocycles. The van der Waals surface area contributed by atoms with E-state index in [4.69, 9.17) is 14.2 Å². The molecule has 0 aliphatic heterocycles. The molecule has 3 rings (SSSR count). The first-order chi connectivity index (χ1) is 27.5. The van der Waals surface area contributed by atoms with E-state index in [1.165, 1.54) is 107 Å². The number of amides is 2. The van der Waals surface area contributed by atoms with E-state index in [1.54, 1.807) is 38.1 Å². The van der Waals surface area contributed by atoms with Gasteiger partial charge in [0.1, 0.15) is 11.4 Å². The van der Waals surface area contributed by atoms with Gasteiger partial charge in [-0.05, 0) is 44.9 Å². The van der Waals surface area contributed by atoms with Crippen molar-refractivity contribution in [2.45, 2.75) is 149 Å². The molecule has 12 nitrogen and oxygen atoms in total. The average Bonchev–Trinajstić information content (AvgIpc) is 3.53. The third-order valence-corrected chi connectivity index (χ3v) is 9.64. The number of nitrogens with zero attached hydrogens (tertiary/aromatic N) is 2. The lowest BCUT2D eigenvalue weighted by atomic mass is 10.0. The molecular formula is C45H66N4O8. The van der Waals surface area contributed by atoms with Gasteiger partial charge in [-0.15, -0.1) is 0 Å². The lowest BCUT2D eigenvalue weighted by molar-refractivity contribution is -0.122. The summed E-state index contributed by atoms with van der Waals surface area (Å²) in [6.07, 6.45) is 15.5. The summed E-state index contributed by atoms with van der Waals surface area (Å²) < 4.78 is 18.5. The first-order valence-corrected chi connectivity index (χ1v) is 21.1. The standard InChI is InChI=1S/C45H66N4O8/c1-7-9-11-12-13-14-15-16-17-18-19-20-21-25-31-55-43(52)35-28-29-36(37(32-35)56-33(3)4)46-42(51)41(57-45(54)48(5)6)40(50)38-39(34-26-23-22-24-27-34)49(30-10-8-2)44(53)47-38/h22-24,26-29,32-33,41H,7-21,25,30-31H2,1-6H3,(H,46,51)(H,47,53). The van der Waals surface area contributed by atoms with Crippen LogP contribution in [0.1, 0.15) is 151 Å². The number of carbonyl (C=O) groups is 4. The minimum atomic E-state index is -1.98. The quantitative estimate of drug-likeness (QED) is 0.0336. The molecule has 2 N–H and O–H groups in total. The Labute approximate surface area is 339 Å². The van der Waals surface area contributed by atoms with Crippen LogP contribution < -0.4 is 15.7 Å². The van der Waals surface area contributed by atoms with Crippen LogP contribution >= 0.6 is 0 Å². The highest BCUT2D eigenvalue weighted by atomic mass is 16.6. The Kier molecular flexibility index (Phi) is 20.7. The zero-order chi connectivity index (χ0) is 41.6. The molecule has 0 fully saturated rings. The Bertz CT molecular complexity index is 1750. The minimum absolute atomic E-state index is 0.146. The van der Waals surface area contributed by atoms with E-state index in [-0.39, 0.29) is 28.8 Å². The van der Waals surface area contributed by atoms with E-state index in [1.807, 2.05) is 13.0 Å². The minimum Gasteiger partial charge on any atom is -0.489 e. The highest BCUT2D eigenvalue weighted by Gasteiger charge is 2.36. The summed E-state index contributed by atoms with van der Waals surface area (Å²) in [6, 6.07) is 13.3. The average molecular weight is 791 g/mol. The highest BCUT2D eigenvalue weighted by molar-refractivity contribution is 6.18. The molecule has 12 heteroatoms. The van der Waals surface area contributed by atoms with Crippen LogP contribution in [-0.2, 0) is 20.8 Å². The molecule has 0 bridgehead atoms. The Balaban J connectivity index is 1.67. The van der Waals surface area contributed by atoms with Crippen molar-refractivity contribution in [3.8, 4) is 17.0 Å². The fraction of sp³-hybridized carbons (Fsp3) is 0.578. The van der Waals surface area contributed by atoms with E-state index >= 15 is 0 Å². The molecule has 0 saturated heterocycles. The number of hydrogen-bond acceptors (Lipinski definition) is 8. The van der Waals surface area contributed by atoms with Gasteiger partial charge in [-0.1, -0.05) is 134 Å². The van der Waals surface area contributed by atoms with Crippen molar-refractivity contribution in [2.24, 2.45) is 0 Å². The second-order valence-electron chi connectivity index (χ2n) is 15.1. The third-order valence-electron chi connectivity index (χ3n) is 9.64. The van der Waals surface area contributed by atoms with E-state index in [2.05, 4.69) is 17.2 Å². The number of esters is 1. The maximum absolute atomic E-state index is 14.2. The number of rotatable bonds is 27. The van der Waals surface area contributed by atoms with Gasteiger partial charge in [0.25, 0.3) is 5.91 Å². The van der Waals surface area contributed by atoms with Crippen molar-refractivity contribution in [2.75, 3.05) is 26.0 Å². The van der Waals surface area contributed by atoms with Crippen molar-refractivity contribution in [1.82, 2.24) is 14.5 Å². The van der Waals surface area contributed by atoms with Crippen molar-refractivity contribution in [1.29, 1.82) is 0 Å². The number of aromatic nitrogens is 2. The predicted octanol–water partition coefficient (Wildman–Crippen LogP) is 9.96. The highest BCUT2D eigenvalue weighted by Crippen LogP contribution is 2.29. The van der Waals surface area contributed by atoms with Gasteiger partial charge in [-0.3, -0.25) is 14.2 Å². The molecule has 1 unspecified atom stereocenters. The van der Waals surface area contributed by atoms with Gasteiger partial charge in [0.05, 0.1) is 29.7 Å². The number of benzene rings is 2. The van der Waals surface area contributed by atoms with Gasteiger partial charge in [0, 0.05) is 26.2 Å². The molecule has 3 aromatic rings. The van der Waals surface area contributed by atoms with E-state index in [9.17, 15) is 24.0 Å². The first-order valence-electron chi connectivity index (χ1n) is 21.1. The van der Waals surface area contributed by atoms with Crippen LogP contribution in [0.4, 0.5) is 10.5 Å². The van der Waals surface area contributed by atoms with Crippen LogP contribution in [0.25, 0.3) is 11.3 Å². The predicted molar refractivity (Wildman–Crippen MR) is 225 cm³/mol. The number of imidazole rings is 1. The summed E-state index contributed by atoms with van der Waals surface area (Å²) >= 11 is 0. The van der Waals surface area contributed by atoms with Crippen LogP contribution in [-0.4, -0.2) is 71.1 Å². The van der Waals surface area contributed by atoms with Gasteiger partial charge >= 0.3 is 17.8 Å². The fourth-order valence-electron chi connectivity index (χ4n) is 6.48. The third kappa shape index (κ3) is 15.5. The van der Waals surface area contributed by atoms with Gasteiger partial charge in [0.15, 0.2) is 0 Å². The van der Waals surface area contributed by atoms with Gasteiger partial charge < -0.3 is 29.4 Å². The monoisotopic (exact) mass is 790 g/mol. The molecule has 57 heavy (non-hydrogen) atoms. The van der Waals surface area contributed by atoms with E-state index < -0.39 is 35.5 Å².